The molecule has 2 aromatic carbocycles. The van der Waals surface area contributed by atoms with E-state index < -0.39 is 6.04 Å². The first-order valence-corrected chi connectivity index (χ1v) is 6.14. The Kier molecular flexibility index (Phi) is 3.69. The first-order valence-electron chi connectivity index (χ1n) is 5.76. The Labute approximate surface area is 111 Å². The van der Waals surface area contributed by atoms with Gasteiger partial charge in [-0.05, 0) is 31.5 Å². The van der Waals surface area contributed by atoms with Crippen molar-refractivity contribution in [3.8, 4) is 0 Å². The van der Waals surface area contributed by atoms with Crippen molar-refractivity contribution in [2.45, 2.75) is 19.9 Å². The van der Waals surface area contributed by atoms with Crippen molar-refractivity contribution < 1.29 is 4.39 Å². The van der Waals surface area contributed by atoms with Gasteiger partial charge in [0.15, 0.2) is 0 Å². The van der Waals surface area contributed by atoms with E-state index in [9.17, 15) is 4.39 Å². The Bertz CT molecular complexity index is 560. The first-order chi connectivity index (χ1) is 8.47. The molecule has 0 fully saturated rings. The van der Waals surface area contributed by atoms with E-state index in [-0.39, 0.29) is 5.82 Å². The van der Waals surface area contributed by atoms with Gasteiger partial charge in [0.05, 0.1) is 6.04 Å². The zero-order valence-corrected chi connectivity index (χ0v) is 11.1. The zero-order chi connectivity index (χ0) is 13.3. The maximum atomic E-state index is 13.8. The van der Waals surface area contributed by atoms with Crippen LogP contribution in [0.1, 0.15) is 28.3 Å². The lowest BCUT2D eigenvalue weighted by atomic mass is 9.96. The lowest BCUT2D eigenvalue weighted by Crippen LogP contribution is -2.14. The Hall–Kier alpha value is -1.38. The molecular formula is C15H15ClFN. The van der Waals surface area contributed by atoms with Gasteiger partial charge in [0, 0.05) is 10.6 Å². The average Bonchev–Trinajstić information content (AvgIpc) is 2.26. The normalized spacial score (nSPS) is 12.5. The van der Waals surface area contributed by atoms with E-state index >= 15 is 0 Å². The zero-order valence-electron chi connectivity index (χ0n) is 10.4. The number of nitrogens with two attached hydrogens (primary N) is 1. The maximum Gasteiger partial charge on any atom is 0.129 e. The van der Waals surface area contributed by atoms with E-state index in [1.165, 1.54) is 6.07 Å². The molecule has 94 valence electrons. The highest BCUT2D eigenvalue weighted by atomic mass is 35.5. The molecule has 18 heavy (non-hydrogen) atoms. The van der Waals surface area contributed by atoms with Gasteiger partial charge >= 0.3 is 0 Å². The molecule has 0 amide bonds. The Balaban J connectivity index is 2.44. The van der Waals surface area contributed by atoms with E-state index in [4.69, 9.17) is 17.3 Å². The minimum atomic E-state index is -0.471. The lowest BCUT2D eigenvalue weighted by Gasteiger charge is -2.15. The van der Waals surface area contributed by atoms with Gasteiger partial charge in [0.25, 0.3) is 0 Å². The second kappa shape index (κ2) is 5.09. The summed E-state index contributed by atoms with van der Waals surface area (Å²) in [7, 11) is 0. The van der Waals surface area contributed by atoms with Gasteiger partial charge < -0.3 is 5.73 Å². The summed E-state index contributed by atoms with van der Waals surface area (Å²) < 4.78 is 13.8. The van der Waals surface area contributed by atoms with Crippen molar-refractivity contribution in [3.05, 3.63) is 69.5 Å². The minimum absolute atomic E-state index is 0.367. The fourth-order valence-corrected chi connectivity index (χ4v) is 2.28. The molecule has 0 bridgehead atoms. The predicted molar refractivity (Wildman–Crippen MR) is 73.4 cm³/mol. The maximum absolute atomic E-state index is 13.8. The summed E-state index contributed by atoms with van der Waals surface area (Å²) in [6.45, 7) is 4.00. The van der Waals surface area contributed by atoms with Crippen molar-refractivity contribution in [3.63, 3.8) is 0 Å². The third-order valence-corrected chi connectivity index (χ3v) is 3.14. The summed E-state index contributed by atoms with van der Waals surface area (Å²) in [6.07, 6.45) is 0. The topological polar surface area (TPSA) is 26.0 Å². The highest BCUT2D eigenvalue weighted by Crippen LogP contribution is 2.25. The van der Waals surface area contributed by atoms with Gasteiger partial charge in [-0.25, -0.2) is 4.39 Å². The number of halogens is 2. The SMILES string of the molecule is Cc1cc(C)cc(C(N)c2ccc(Cl)cc2F)c1. The van der Waals surface area contributed by atoms with E-state index in [0.29, 0.717) is 10.6 Å². The summed E-state index contributed by atoms with van der Waals surface area (Å²) >= 11 is 5.74. The molecule has 2 rings (SSSR count). The summed E-state index contributed by atoms with van der Waals surface area (Å²) in [6, 6.07) is 10.1. The highest BCUT2D eigenvalue weighted by molar-refractivity contribution is 6.30. The Morgan fingerprint density at radius 3 is 2.22 bits per heavy atom. The van der Waals surface area contributed by atoms with E-state index in [1.54, 1.807) is 12.1 Å². The van der Waals surface area contributed by atoms with Gasteiger partial charge in [-0.1, -0.05) is 47.0 Å². The molecule has 1 nitrogen and oxygen atoms in total. The predicted octanol–water partition coefficient (Wildman–Crippen LogP) is 4.14. The van der Waals surface area contributed by atoms with Crippen LogP contribution >= 0.6 is 11.6 Å². The number of hydrogen-bond acceptors (Lipinski definition) is 1. The third-order valence-electron chi connectivity index (χ3n) is 2.90. The molecular weight excluding hydrogens is 249 g/mol. The second-order valence-corrected chi connectivity index (χ2v) is 5.00. The van der Waals surface area contributed by atoms with Crippen LogP contribution in [0.25, 0.3) is 0 Å². The molecule has 2 N–H and O–H groups in total. The van der Waals surface area contributed by atoms with Crippen molar-refractivity contribution in [2.24, 2.45) is 5.73 Å². The largest absolute Gasteiger partial charge is 0.320 e. The van der Waals surface area contributed by atoms with Crippen LogP contribution in [0, 0.1) is 19.7 Å². The molecule has 0 heterocycles. The molecule has 2 aromatic rings. The van der Waals surface area contributed by atoms with Crippen LogP contribution in [0.15, 0.2) is 36.4 Å². The second-order valence-electron chi connectivity index (χ2n) is 4.56. The van der Waals surface area contributed by atoms with E-state index in [0.717, 1.165) is 16.7 Å². The Morgan fingerprint density at radius 2 is 1.67 bits per heavy atom. The summed E-state index contributed by atoms with van der Waals surface area (Å²) in [4.78, 5) is 0. The van der Waals surface area contributed by atoms with Gasteiger partial charge in [0.1, 0.15) is 5.82 Å². The minimum Gasteiger partial charge on any atom is -0.320 e. The summed E-state index contributed by atoms with van der Waals surface area (Å²) in [5.74, 6) is -0.367. The van der Waals surface area contributed by atoms with Crippen LogP contribution in [0.3, 0.4) is 0 Å². The molecule has 0 aliphatic heterocycles. The standard InChI is InChI=1S/C15H15ClFN/c1-9-5-10(2)7-11(6-9)15(18)13-4-3-12(16)8-14(13)17/h3-8,15H,18H2,1-2H3. The molecule has 0 aromatic heterocycles. The van der Waals surface area contributed by atoms with Crippen LogP contribution in [0.2, 0.25) is 5.02 Å². The number of rotatable bonds is 2. The van der Waals surface area contributed by atoms with Gasteiger partial charge in [-0.2, -0.15) is 0 Å². The third kappa shape index (κ3) is 2.71. The first kappa shape index (κ1) is 13.1. The fourth-order valence-electron chi connectivity index (χ4n) is 2.12. The van der Waals surface area contributed by atoms with Gasteiger partial charge in [0.2, 0.25) is 0 Å². The number of benzene rings is 2. The quantitative estimate of drug-likeness (QED) is 0.866. The van der Waals surface area contributed by atoms with Crippen LogP contribution in [0.4, 0.5) is 4.39 Å². The van der Waals surface area contributed by atoms with E-state index in [1.807, 2.05) is 26.0 Å². The molecule has 0 saturated heterocycles. The molecule has 0 spiro atoms. The average molecular weight is 264 g/mol. The monoisotopic (exact) mass is 263 g/mol. The molecule has 0 aliphatic rings. The van der Waals surface area contributed by atoms with Crippen molar-refractivity contribution in [1.82, 2.24) is 0 Å². The van der Waals surface area contributed by atoms with Gasteiger partial charge in [-0.3, -0.25) is 0 Å². The lowest BCUT2D eigenvalue weighted by molar-refractivity contribution is 0.599. The van der Waals surface area contributed by atoms with Crippen LogP contribution < -0.4 is 5.73 Å². The van der Waals surface area contributed by atoms with Gasteiger partial charge in [-0.15, -0.1) is 0 Å². The molecule has 0 saturated carbocycles. The van der Waals surface area contributed by atoms with Crippen LogP contribution in [0.5, 0.6) is 0 Å². The number of hydrogen-bond donors (Lipinski definition) is 1. The van der Waals surface area contributed by atoms with Crippen molar-refractivity contribution >= 4 is 11.6 Å². The Morgan fingerprint density at radius 1 is 1.06 bits per heavy atom. The fraction of sp³-hybridized carbons (Fsp3) is 0.200. The van der Waals surface area contributed by atoms with Crippen molar-refractivity contribution in [2.75, 3.05) is 0 Å². The smallest absolute Gasteiger partial charge is 0.129 e. The molecule has 0 radical (unpaired) electrons. The number of aryl methyl sites for hydroxylation is 2. The van der Waals surface area contributed by atoms with Crippen LogP contribution in [-0.4, -0.2) is 0 Å². The summed E-state index contributed by atoms with van der Waals surface area (Å²) in [5.41, 5.74) is 9.74. The summed E-state index contributed by atoms with van der Waals surface area (Å²) in [5, 5.41) is 0.379. The molecule has 1 unspecified atom stereocenters. The van der Waals surface area contributed by atoms with E-state index in [2.05, 4.69) is 6.07 Å². The van der Waals surface area contributed by atoms with Crippen LogP contribution in [-0.2, 0) is 0 Å². The molecule has 0 aliphatic carbocycles. The molecule has 3 heteroatoms. The highest BCUT2D eigenvalue weighted by Gasteiger charge is 2.14. The molecule has 1 atom stereocenters. The van der Waals surface area contributed by atoms with Crippen molar-refractivity contribution in [1.29, 1.82) is 0 Å².